The van der Waals surface area contributed by atoms with E-state index in [1.807, 2.05) is 13.0 Å². The molecule has 0 spiro atoms. The summed E-state index contributed by atoms with van der Waals surface area (Å²) in [5.41, 5.74) is 7.36. The Kier molecular flexibility index (Phi) is 6.52. The van der Waals surface area contributed by atoms with Crippen LogP contribution in [0.2, 0.25) is 0 Å². The second-order valence-corrected chi connectivity index (χ2v) is 7.47. The number of hydrogen-bond donors (Lipinski definition) is 1. The first kappa shape index (κ1) is 21.2. The van der Waals surface area contributed by atoms with Crippen LogP contribution in [0, 0.1) is 0 Å². The average molecular weight is 466 g/mol. The van der Waals surface area contributed by atoms with Gasteiger partial charge in [0.05, 0.1) is 30.7 Å². The number of halogens is 1. The van der Waals surface area contributed by atoms with Gasteiger partial charge in [-0.2, -0.15) is 0 Å². The van der Waals surface area contributed by atoms with Crippen molar-refractivity contribution in [3.8, 4) is 11.5 Å². The summed E-state index contributed by atoms with van der Waals surface area (Å²) in [6.07, 6.45) is 1.66. The molecule has 1 aliphatic carbocycles. The van der Waals surface area contributed by atoms with Crippen LogP contribution in [0.3, 0.4) is 0 Å². The Hall–Kier alpha value is -2.48. The van der Waals surface area contributed by atoms with Crippen LogP contribution in [0.1, 0.15) is 44.6 Å². The van der Waals surface area contributed by atoms with Gasteiger partial charge in [-0.15, -0.1) is 0 Å². The highest BCUT2D eigenvalue weighted by atomic mass is 79.9. The molecule has 29 heavy (non-hydrogen) atoms. The van der Waals surface area contributed by atoms with Gasteiger partial charge in [-0.05, 0) is 53.9 Å². The quantitative estimate of drug-likeness (QED) is 0.639. The van der Waals surface area contributed by atoms with E-state index in [1.165, 1.54) is 7.11 Å². The molecule has 156 valence electrons. The van der Waals surface area contributed by atoms with Gasteiger partial charge < -0.3 is 24.7 Å². The number of nitrogens with two attached hydrogens (primary N) is 1. The molecule has 7 nitrogen and oxygen atoms in total. The van der Waals surface area contributed by atoms with Gasteiger partial charge in [0.1, 0.15) is 11.3 Å². The Bertz CT molecular complexity index is 905. The van der Waals surface area contributed by atoms with Gasteiger partial charge in [0.25, 0.3) is 0 Å². The Morgan fingerprint density at radius 2 is 2.03 bits per heavy atom. The smallest absolute Gasteiger partial charge is 0.340 e. The van der Waals surface area contributed by atoms with Gasteiger partial charge >= 0.3 is 5.97 Å². The molecule has 0 aromatic heterocycles. The van der Waals surface area contributed by atoms with Crippen LogP contribution in [-0.2, 0) is 19.1 Å². The van der Waals surface area contributed by atoms with Crippen LogP contribution in [0.5, 0.6) is 11.5 Å². The molecule has 1 aromatic carbocycles. The predicted molar refractivity (Wildman–Crippen MR) is 109 cm³/mol. The first-order valence-electron chi connectivity index (χ1n) is 9.53. The lowest BCUT2D eigenvalue weighted by Gasteiger charge is -2.32. The van der Waals surface area contributed by atoms with E-state index < -0.39 is 11.9 Å². The van der Waals surface area contributed by atoms with Gasteiger partial charge in [-0.25, -0.2) is 4.79 Å². The van der Waals surface area contributed by atoms with Crippen molar-refractivity contribution in [3.63, 3.8) is 0 Å². The number of carbonyl (C=O) groups excluding carboxylic acids is 2. The molecule has 0 saturated carbocycles. The maximum absolute atomic E-state index is 12.8. The molecule has 0 radical (unpaired) electrons. The molecule has 2 aliphatic rings. The Balaban J connectivity index is 2.21. The summed E-state index contributed by atoms with van der Waals surface area (Å²) in [5.74, 6) is 0.135. The first-order valence-corrected chi connectivity index (χ1v) is 10.3. The van der Waals surface area contributed by atoms with Crippen molar-refractivity contribution in [1.29, 1.82) is 0 Å². The largest absolute Gasteiger partial charge is 0.493 e. The summed E-state index contributed by atoms with van der Waals surface area (Å²) < 4.78 is 22.7. The Morgan fingerprint density at radius 1 is 1.28 bits per heavy atom. The molecule has 1 aliphatic heterocycles. The second kappa shape index (κ2) is 8.90. The third-order valence-corrected chi connectivity index (χ3v) is 5.44. The van der Waals surface area contributed by atoms with Crippen molar-refractivity contribution >= 4 is 27.7 Å². The van der Waals surface area contributed by atoms with Crippen LogP contribution >= 0.6 is 15.9 Å². The second-order valence-electron chi connectivity index (χ2n) is 6.61. The number of hydrogen-bond acceptors (Lipinski definition) is 7. The van der Waals surface area contributed by atoms with Gasteiger partial charge in [-0.3, -0.25) is 4.79 Å². The number of ether oxygens (including phenoxy) is 4. The summed E-state index contributed by atoms with van der Waals surface area (Å²) in [4.78, 5) is 25.6. The number of benzene rings is 1. The average Bonchev–Trinajstić information content (AvgIpc) is 2.68. The van der Waals surface area contributed by atoms with E-state index in [2.05, 4.69) is 15.9 Å². The minimum absolute atomic E-state index is 0.0362. The van der Waals surface area contributed by atoms with Gasteiger partial charge in [0, 0.05) is 18.4 Å². The monoisotopic (exact) mass is 465 g/mol. The lowest BCUT2D eigenvalue weighted by molar-refractivity contribution is -0.139. The van der Waals surface area contributed by atoms with E-state index in [-0.39, 0.29) is 23.8 Å². The molecule has 1 heterocycles. The van der Waals surface area contributed by atoms with Crippen LogP contribution < -0.4 is 15.2 Å². The SMILES string of the molecule is CCOC(=O)C1=C(N)OC2=C(C(=O)CCC2)[C@@H]1c1cc(Br)c(OCC)c(OC)c1. The molecule has 0 saturated heterocycles. The van der Waals surface area contributed by atoms with Crippen LogP contribution in [0.25, 0.3) is 0 Å². The molecule has 0 bridgehead atoms. The number of carbonyl (C=O) groups is 2. The Morgan fingerprint density at radius 3 is 2.69 bits per heavy atom. The van der Waals surface area contributed by atoms with Crippen molar-refractivity contribution in [2.45, 2.75) is 39.0 Å². The summed E-state index contributed by atoms with van der Waals surface area (Å²) in [6.45, 7) is 4.22. The third kappa shape index (κ3) is 3.99. The highest BCUT2D eigenvalue weighted by Crippen LogP contribution is 2.47. The van der Waals surface area contributed by atoms with Crippen LogP contribution in [0.4, 0.5) is 0 Å². The fraction of sp³-hybridized carbons (Fsp3) is 0.429. The van der Waals surface area contributed by atoms with Gasteiger partial charge in [-0.1, -0.05) is 0 Å². The van der Waals surface area contributed by atoms with Crippen molar-refractivity contribution < 1.29 is 28.5 Å². The standard InChI is InChI=1S/C21H24BrNO6/c1-4-27-19-12(22)9-11(10-15(19)26-3)16-17-13(24)7-6-8-14(17)29-20(23)18(16)21(25)28-5-2/h9-10,16H,4-8,23H2,1-3H3/t16-/m0/s1. The number of Topliss-reactive ketones (excluding diaryl/α,β-unsaturated/α-hetero) is 1. The fourth-order valence-electron chi connectivity index (χ4n) is 3.69. The van der Waals surface area contributed by atoms with Gasteiger partial charge in [0.15, 0.2) is 17.3 Å². The van der Waals surface area contributed by atoms with E-state index >= 15 is 0 Å². The fourth-order valence-corrected chi connectivity index (χ4v) is 4.26. The van der Waals surface area contributed by atoms with E-state index in [0.717, 1.165) is 0 Å². The first-order chi connectivity index (χ1) is 13.9. The number of ketones is 1. The van der Waals surface area contributed by atoms with Crippen molar-refractivity contribution in [2.24, 2.45) is 5.73 Å². The van der Waals surface area contributed by atoms with Crippen molar-refractivity contribution in [3.05, 3.63) is 45.0 Å². The van der Waals surface area contributed by atoms with Crippen LogP contribution in [0.15, 0.2) is 39.4 Å². The minimum Gasteiger partial charge on any atom is -0.493 e. The van der Waals surface area contributed by atoms with Crippen molar-refractivity contribution in [1.82, 2.24) is 0 Å². The highest BCUT2D eigenvalue weighted by molar-refractivity contribution is 9.10. The summed E-state index contributed by atoms with van der Waals surface area (Å²) in [7, 11) is 1.53. The zero-order chi connectivity index (χ0) is 21.1. The number of esters is 1. The molecule has 3 rings (SSSR count). The molecule has 0 fully saturated rings. The summed E-state index contributed by atoms with van der Waals surface area (Å²) >= 11 is 3.51. The topological polar surface area (TPSA) is 97.1 Å². The number of methoxy groups -OCH3 is 1. The summed E-state index contributed by atoms with van der Waals surface area (Å²) in [6, 6.07) is 3.56. The highest BCUT2D eigenvalue weighted by Gasteiger charge is 2.41. The molecular weight excluding hydrogens is 442 g/mol. The number of allylic oxidation sites excluding steroid dienone is 2. The van der Waals surface area contributed by atoms with Gasteiger partial charge in [0.2, 0.25) is 5.88 Å². The normalized spacial score (nSPS) is 18.9. The minimum atomic E-state index is -0.702. The molecule has 2 N–H and O–H groups in total. The predicted octanol–water partition coefficient (Wildman–Crippen LogP) is 3.71. The maximum atomic E-state index is 12.8. The van der Waals surface area contributed by atoms with E-state index in [9.17, 15) is 9.59 Å². The number of rotatable bonds is 6. The zero-order valence-electron chi connectivity index (χ0n) is 16.7. The van der Waals surface area contributed by atoms with E-state index in [4.69, 9.17) is 24.7 Å². The zero-order valence-corrected chi connectivity index (χ0v) is 18.3. The maximum Gasteiger partial charge on any atom is 0.340 e. The molecule has 8 heteroatoms. The lowest BCUT2D eigenvalue weighted by atomic mass is 9.77. The Labute approximate surface area is 177 Å². The van der Waals surface area contributed by atoms with Crippen molar-refractivity contribution in [2.75, 3.05) is 20.3 Å². The van der Waals surface area contributed by atoms with Crippen LogP contribution in [-0.4, -0.2) is 32.1 Å². The lowest BCUT2D eigenvalue weighted by Crippen LogP contribution is -2.31. The molecule has 1 atom stereocenters. The third-order valence-electron chi connectivity index (χ3n) is 4.85. The molecular formula is C21H24BrNO6. The van der Waals surface area contributed by atoms with E-state index in [0.29, 0.717) is 58.7 Å². The molecule has 0 unspecified atom stereocenters. The molecule has 0 amide bonds. The summed E-state index contributed by atoms with van der Waals surface area (Å²) in [5, 5.41) is 0. The molecule has 1 aromatic rings. The van der Waals surface area contributed by atoms with E-state index in [1.54, 1.807) is 13.0 Å².